The number of benzene rings is 1. The maximum atomic E-state index is 12.6. The van der Waals surface area contributed by atoms with Crippen molar-refractivity contribution in [2.75, 3.05) is 31.1 Å². The van der Waals surface area contributed by atoms with Gasteiger partial charge < -0.3 is 9.80 Å². The minimum absolute atomic E-state index is 0.303. The fraction of sp³-hybridized carbons (Fsp3) is 0.389. The number of fused-ring (bicyclic) bond motifs is 1. The molecule has 1 saturated heterocycles. The lowest BCUT2D eigenvalue weighted by atomic mass is 10.2. The van der Waals surface area contributed by atoms with E-state index in [2.05, 4.69) is 16.0 Å². The van der Waals surface area contributed by atoms with E-state index in [1.54, 1.807) is 13.4 Å². The molecule has 3 aromatic rings. The number of nitrogens with one attached hydrogen (secondary N) is 1. The van der Waals surface area contributed by atoms with Crippen molar-refractivity contribution in [2.45, 2.75) is 6.67 Å². The average molecular weight is 390 g/mol. The van der Waals surface area contributed by atoms with Crippen molar-refractivity contribution in [3.05, 3.63) is 56.5 Å². The molecule has 0 saturated carbocycles. The Labute approximate surface area is 160 Å². The largest absolute Gasteiger partial charge is 0.360 e. The van der Waals surface area contributed by atoms with Gasteiger partial charge in [-0.25, -0.2) is 9.78 Å². The van der Waals surface area contributed by atoms with Crippen molar-refractivity contribution < 1.29 is 4.90 Å². The van der Waals surface area contributed by atoms with E-state index in [0.29, 0.717) is 17.8 Å². The zero-order valence-corrected chi connectivity index (χ0v) is 16.1. The molecule has 0 amide bonds. The molecule has 9 heteroatoms. The molecule has 3 heterocycles. The number of rotatable bonds is 3. The van der Waals surface area contributed by atoms with Crippen LogP contribution in [0.4, 0.5) is 5.69 Å². The fourth-order valence-electron chi connectivity index (χ4n) is 3.67. The molecular weight excluding hydrogens is 368 g/mol. The number of piperazine rings is 1. The summed E-state index contributed by atoms with van der Waals surface area (Å²) in [6.07, 6.45) is 1.65. The highest BCUT2D eigenvalue weighted by molar-refractivity contribution is 6.30. The Morgan fingerprint density at radius 2 is 1.89 bits per heavy atom. The summed E-state index contributed by atoms with van der Waals surface area (Å²) in [6, 6.07) is 7.91. The Morgan fingerprint density at radius 3 is 2.59 bits per heavy atom. The number of halogens is 1. The molecule has 0 spiro atoms. The van der Waals surface area contributed by atoms with Crippen molar-refractivity contribution >= 4 is 28.5 Å². The third-order valence-electron chi connectivity index (χ3n) is 5.26. The van der Waals surface area contributed by atoms with E-state index >= 15 is 0 Å². The van der Waals surface area contributed by atoms with Gasteiger partial charge >= 0.3 is 5.69 Å². The van der Waals surface area contributed by atoms with E-state index < -0.39 is 0 Å². The number of aromatic nitrogens is 4. The number of quaternary nitrogens is 1. The summed E-state index contributed by atoms with van der Waals surface area (Å²) in [5, 5.41) is 0.744. The fourth-order valence-corrected chi connectivity index (χ4v) is 3.85. The second-order valence-electron chi connectivity index (χ2n) is 6.97. The number of nitrogens with zero attached hydrogens (tertiary/aromatic N) is 5. The van der Waals surface area contributed by atoms with Gasteiger partial charge in [0.25, 0.3) is 5.56 Å². The molecule has 1 aliphatic rings. The van der Waals surface area contributed by atoms with Crippen molar-refractivity contribution in [1.29, 1.82) is 0 Å². The second kappa shape index (κ2) is 6.86. The Bertz CT molecular complexity index is 1110. The van der Waals surface area contributed by atoms with Gasteiger partial charge in [-0.2, -0.15) is 0 Å². The van der Waals surface area contributed by atoms with E-state index in [-0.39, 0.29) is 11.2 Å². The minimum Gasteiger partial charge on any atom is -0.360 e. The summed E-state index contributed by atoms with van der Waals surface area (Å²) in [4.78, 5) is 32.6. The quantitative estimate of drug-likeness (QED) is 0.652. The first-order valence-electron chi connectivity index (χ1n) is 8.90. The summed E-state index contributed by atoms with van der Waals surface area (Å²) >= 11 is 6.10. The van der Waals surface area contributed by atoms with Crippen LogP contribution in [0, 0.1) is 0 Å². The molecule has 0 atom stereocenters. The molecule has 2 aromatic heterocycles. The third-order valence-corrected chi connectivity index (χ3v) is 5.49. The normalized spacial score (nSPS) is 15.6. The first-order valence-corrected chi connectivity index (χ1v) is 9.28. The molecule has 8 nitrogen and oxygen atoms in total. The zero-order valence-electron chi connectivity index (χ0n) is 15.4. The van der Waals surface area contributed by atoms with Crippen molar-refractivity contribution in [3.63, 3.8) is 0 Å². The van der Waals surface area contributed by atoms with Crippen LogP contribution in [0.2, 0.25) is 5.02 Å². The van der Waals surface area contributed by atoms with Gasteiger partial charge in [-0.3, -0.25) is 18.5 Å². The molecule has 0 bridgehead atoms. The van der Waals surface area contributed by atoms with Gasteiger partial charge in [0.2, 0.25) is 0 Å². The van der Waals surface area contributed by atoms with Crippen molar-refractivity contribution in [2.24, 2.45) is 14.1 Å². The molecule has 0 radical (unpaired) electrons. The van der Waals surface area contributed by atoms with Crippen LogP contribution in [-0.4, -0.2) is 44.9 Å². The standard InChI is InChI=1S/C18H21ClN6O2/c1-21-16-15(17(26)22(2)18(21)27)25(11-20-16)12-23-6-8-24(9-7-23)14-5-3-4-13(19)10-14/h3-5,10-11H,6-9,12H2,1-2H3/p+1. The lowest BCUT2D eigenvalue weighted by molar-refractivity contribution is -0.923. The number of hydrogen-bond acceptors (Lipinski definition) is 4. The summed E-state index contributed by atoms with van der Waals surface area (Å²) in [5.74, 6) is 0. The second-order valence-corrected chi connectivity index (χ2v) is 7.40. The van der Waals surface area contributed by atoms with Crippen LogP contribution in [0.25, 0.3) is 11.2 Å². The summed E-state index contributed by atoms with van der Waals surface area (Å²) < 4.78 is 4.41. The van der Waals surface area contributed by atoms with Gasteiger partial charge in [0.15, 0.2) is 17.8 Å². The predicted octanol–water partition coefficient (Wildman–Crippen LogP) is -0.550. The van der Waals surface area contributed by atoms with Crippen molar-refractivity contribution in [3.8, 4) is 0 Å². The lowest BCUT2D eigenvalue weighted by Crippen LogP contribution is -3.14. The van der Waals surface area contributed by atoms with Gasteiger partial charge in [-0.15, -0.1) is 0 Å². The van der Waals surface area contributed by atoms with E-state index in [9.17, 15) is 9.59 Å². The smallest absolute Gasteiger partial charge is 0.332 e. The van der Waals surface area contributed by atoms with E-state index in [1.807, 2.05) is 22.8 Å². The highest BCUT2D eigenvalue weighted by Crippen LogP contribution is 2.19. The monoisotopic (exact) mass is 389 g/mol. The van der Waals surface area contributed by atoms with Crippen LogP contribution in [0.1, 0.15) is 0 Å². The molecule has 142 valence electrons. The molecule has 1 aromatic carbocycles. The van der Waals surface area contributed by atoms with E-state index in [0.717, 1.165) is 41.5 Å². The van der Waals surface area contributed by atoms with E-state index in [1.165, 1.54) is 16.5 Å². The Hall–Kier alpha value is -2.58. The summed E-state index contributed by atoms with van der Waals surface area (Å²) in [5.41, 5.74) is 1.38. The minimum atomic E-state index is -0.361. The number of hydrogen-bond donors (Lipinski definition) is 1. The molecular formula is C18H22ClN6O2+. The summed E-state index contributed by atoms with van der Waals surface area (Å²) in [6.45, 7) is 4.36. The number of imidazole rings is 1. The molecule has 1 aliphatic heterocycles. The molecule has 1 N–H and O–H groups in total. The molecule has 27 heavy (non-hydrogen) atoms. The van der Waals surface area contributed by atoms with Crippen LogP contribution in [0.5, 0.6) is 0 Å². The van der Waals surface area contributed by atoms with Crippen LogP contribution in [-0.2, 0) is 20.8 Å². The molecule has 1 fully saturated rings. The van der Waals surface area contributed by atoms with Crippen LogP contribution >= 0.6 is 11.6 Å². The maximum absolute atomic E-state index is 12.6. The molecule has 4 rings (SSSR count). The van der Waals surface area contributed by atoms with Crippen LogP contribution in [0.15, 0.2) is 40.2 Å². The van der Waals surface area contributed by atoms with Gasteiger partial charge in [-0.1, -0.05) is 17.7 Å². The van der Waals surface area contributed by atoms with E-state index in [4.69, 9.17) is 11.6 Å². The molecule has 0 aliphatic carbocycles. The average Bonchev–Trinajstić information content (AvgIpc) is 3.09. The van der Waals surface area contributed by atoms with Crippen molar-refractivity contribution in [1.82, 2.24) is 18.7 Å². The Balaban J connectivity index is 1.53. The first kappa shape index (κ1) is 17.8. The Kier molecular flexibility index (Phi) is 4.53. The van der Waals surface area contributed by atoms with Gasteiger partial charge in [0, 0.05) is 24.8 Å². The SMILES string of the molecule is Cn1c(=O)c2c(ncn2C[NH+]2CCN(c3cccc(Cl)c3)CC2)n(C)c1=O. The lowest BCUT2D eigenvalue weighted by Gasteiger charge is -2.33. The maximum Gasteiger partial charge on any atom is 0.332 e. The Morgan fingerprint density at radius 1 is 1.15 bits per heavy atom. The zero-order chi connectivity index (χ0) is 19.1. The highest BCUT2D eigenvalue weighted by atomic mass is 35.5. The van der Waals surface area contributed by atoms with Gasteiger partial charge in [0.05, 0.1) is 26.2 Å². The third kappa shape index (κ3) is 3.15. The summed E-state index contributed by atoms with van der Waals surface area (Å²) in [7, 11) is 3.14. The number of anilines is 1. The predicted molar refractivity (Wildman–Crippen MR) is 105 cm³/mol. The van der Waals surface area contributed by atoms with Gasteiger partial charge in [0.1, 0.15) is 6.33 Å². The molecule has 0 unspecified atom stereocenters. The van der Waals surface area contributed by atoms with Crippen LogP contribution < -0.4 is 21.0 Å². The number of aryl methyl sites for hydroxylation is 1. The highest BCUT2D eigenvalue weighted by Gasteiger charge is 2.22. The van der Waals surface area contributed by atoms with Crippen LogP contribution in [0.3, 0.4) is 0 Å². The topological polar surface area (TPSA) is 69.5 Å². The van der Waals surface area contributed by atoms with Gasteiger partial charge in [-0.05, 0) is 18.2 Å². The first-order chi connectivity index (χ1) is 13.0.